The molecule has 0 radical (unpaired) electrons. The largest absolute Gasteiger partial charge is 0.480 e. The molecule has 6 heteroatoms. The Kier molecular flexibility index (Phi) is 4.61. The summed E-state index contributed by atoms with van der Waals surface area (Å²) in [6.07, 6.45) is 0. The van der Waals surface area contributed by atoms with Crippen molar-refractivity contribution in [1.82, 2.24) is 4.90 Å². The summed E-state index contributed by atoms with van der Waals surface area (Å²) in [5.41, 5.74) is -0.899. The number of hydrogen-bond acceptors (Lipinski definition) is 2. The first-order valence-electron chi connectivity index (χ1n) is 5.14. The first-order valence-corrected chi connectivity index (χ1v) is 6.60. The molecule has 98 valence electrons. The maximum Gasteiger partial charge on any atom is 0.329 e. The minimum absolute atomic E-state index is 0.372. The number of nitrogens with zero attached hydrogens (tertiary/aromatic N) is 1. The quantitative estimate of drug-likeness (QED) is 0.819. The van der Waals surface area contributed by atoms with Gasteiger partial charge in [0.15, 0.2) is 0 Å². The Morgan fingerprint density at radius 2 is 1.94 bits per heavy atom. The smallest absolute Gasteiger partial charge is 0.329 e. The lowest BCUT2D eigenvalue weighted by atomic mass is 10.0. The highest BCUT2D eigenvalue weighted by atomic mass is 127. The van der Waals surface area contributed by atoms with Gasteiger partial charge < -0.3 is 10.0 Å². The van der Waals surface area contributed by atoms with Crippen LogP contribution in [0.4, 0.5) is 0 Å². The van der Waals surface area contributed by atoms with Gasteiger partial charge in [-0.15, -0.1) is 0 Å². The van der Waals surface area contributed by atoms with Crippen molar-refractivity contribution in [3.8, 4) is 0 Å². The number of benzene rings is 1. The topological polar surface area (TPSA) is 57.6 Å². The molecule has 18 heavy (non-hydrogen) atoms. The highest BCUT2D eigenvalue weighted by Gasteiger charge is 2.35. The van der Waals surface area contributed by atoms with Crippen LogP contribution in [0.15, 0.2) is 18.2 Å². The second kappa shape index (κ2) is 5.44. The third-order valence-corrected chi connectivity index (χ3v) is 4.41. The molecule has 0 fully saturated rings. The molecular weight excluding hydrogens is 368 g/mol. The standard InChI is InChI=1S/C12H13ClINO3/c1-12(2,11(17)18)15(3)10(16)7-4-5-9(14)8(13)6-7/h4-6H,1-3H3,(H,17,18). The predicted molar refractivity (Wildman–Crippen MR) is 78.0 cm³/mol. The molecule has 0 heterocycles. The van der Waals surface area contributed by atoms with Crippen LogP contribution in [0.1, 0.15) is 24.2 Å². The number of carbonyl (C=O) groups is 2. The van der Waals surface area contributed by atoms with Gasteiger partial charge in [-0.3, -0.25) is 4.79 Å². The lowest BCUT2D eigenvalue weighted by Gasteiger charge is -2.31. The Bertz CT molecular complexity index is 502. The van der Waals surface area contributed by atoms with Crippen molar-refractivity contribution in [2.45, 2.75) is 19.4 Å². The monoisotopic (exact) mass is 381 g/mol. The minimum Gasteiger partial charge on any atom is -0.480 e. The van der Waals surface area contributed by atoms with Crippen molar-refractivity contribution >= 4 is 46.1 Å². The average molecular weight is 382 g/mol. The van der Waals surface area contributed by atoms with Crippen LogP contribution in [0, 0.1) is 3.57 Å². The predicted octanol–water partition coefficient (Wildman–Crippen LogP) is 2.88. The van der Waals surface area contributed by atoms with E-state index in [1.807, 2.05) is 0 Å². The first-order chi connectivity index (χ1) is 8.17. The normalized spacial score (nSPS) is 11.2. The van der Waals surface area contributed by atoms with Gasteiger partial charge in [-0.25, -0.2) is 4.79 Å². The summed E-state index contributed by atoms with van der Waals surface area (Å²) in [6.45, 7) is 2.95. The zero-order valence-electron chi connectivity index (χ0n) is 10.2. The number of likely N-dealkylation sites (N-methyl/N-ethyl adjacent to an activating group) is 1. The van der Waals surface area contributed by atoms with E-state index < -0.39 is 11.5 Å². The molecular formula is C12H13ClINO3. The van der Waals surface area contributed by atoms with Crippen LogP contribution in [0.3, 0.4) is 0 Å². The van der Waals surface area contributed by atoms with Gasteiger partial charge in [-0.1, -0.05) is 11.6 Å². The highest BCUT2D eigenvalue weighted by molar-refractivity contribution is 14.1. The van der Waals surface area contributed by atoms with Gasteiger partial charge in [-0.2, -0.15) is 0 Å². The fourth-order valence-corrected chi connectivity index (χ4v) is 1.74. The van der Waals surface area contributed by atoms with E-state index in [1.165, 1.54) is 25.8 Å². The summed E-state index contributed by atoms with van der Waals surface area (Å²) in [4.78, 5) is 24.4. The van der Waals surface area contributed by atoms with Crippen LogP contribution in [-0.4, -0.2) is 34.5 Å². The number of hydrogen-bond donors (Lipinski definition) is 1. The summed E-state index contributed by atoms with van der Waals surface area (Å²) in [6, 6.07) is 4.89. The molecule has 0 atom stereocenters. The Balaban J connectivity index is 3.07. The number of rotatable bonds is 3. The maximum atomic E-state index is 12.2. The van der Waals surface area contributed by atoms with Gasteiger partial charge in [0.1, 0.15) is 5.54 Å². The third kappa shape index (κ3) is 2.95. The number of amides is 1. The van der Waals surface area contributed by atoms with E-state index in [4.69, 9.17) is 16.7 Å². The van der Waals surface area contributed by atoms with Crippen molar-refractivity contribution < 1.29 is 14.7 Å². The molecule has 1 N–H and O–H groups in total. The Morgan fingerprint density at radius 3 is 2.39 bits per heavy atom. The van der Waals surface area contributed by atoms with E-state index in [1.54, 1.807) is 18.2 Å². The summed E-state index contributed by atoms with van der Waals surface area (Å²) < 4.78 is 0.839. The third-order valence-electron chi connectivity index (χ3n) is 2.83. The Labute approximate surface area is 124 Å². The molecule has 0 aliphatic carbocycles. The van der Waals surface area contributed by atoms with Crippen molar-refractivity contribution in [3.05, 3.63) is 32.4 Å². The van der Waals surface area contributed by atoms with Crippen LogP contribution < -0.4 is 0 Å². The van der Waals surface area contributed by atoms with Crippen LogP contribution in [0.2, 0.25) is 5.02 Å². The van der Waals surface area contributed by atoms with Crippen LogP contribution >= 0.6 is 34.2 Å². The fraction of sp³-hybridized carbons (Fsp3) is 0.333. The van der Waals surface area contributed by atoms with Crippen LogP contribution in [0.5, 0.6) is 0 Å². The Hall–Kier alpha value is -0.820. The van der Waals surface area contributed by atoms with Crippen LogP contribution in [-0.2, 0) is 4.79 Å². The second-order valence-electron chi connectivity index (χ2n) is 4.36. The molecule has 0 aliphatic rings. The van der Waals surface area contributed by atoms with Crippen molar-refractivity contribution in [2.24, 2.45) is 0 Å². The van der Waals surface area contributed by atoms with E-state index >= 15 is 0 Å². The molecule has 0 bridgehead atoms. The van der Waals surface area contributed by atoms with Gasteiger partial charge in [0.2, 0.25) is 0 Å². The van der Waals surface area contributed by atoms with E-state index in [-0.39, 0.29) is 5.91 Å². The summed E-state index contributed by atoms with van der Waals surface area (Å²) in [7, 11) is 1.46. The fourth-order valence-electron chi connectivity index (χ4n) is 1.22. The number of carboxylic acids is 1. The summed E-state index contributed by atoms with van der Waals surface area (Å²) in [5.74, 6) is -1.43. The molecule has 0 unspecified atom stereocenters. The van der Waals surface area contributed by atoms with Crippen molar-refractivity contribution in [3.63, 3.8) is 0 Å². The number of aliphatic carboxylic acids is 1. The van der Waals surface area contributed by atoms with Gasteiger partial charge in [0.05, 0.1) is 5.02 Å². The van der Waals surface area contributed by atoms with E-state index in [9.17, 15) is 9.59 Å². The molecule has 0 saturated carbocycles. The SMILES string of the molecule is CN(C(=O)c1ccc(I)c(Cl)c1)C(C)(C)C(=O)O. The lowest BCUT2D eigenvalue weighted by Crippen LogP contribution is -2.50. The number of halogens is 2. The minimum atomic E-state index is -1.27. The molecule has 0 spiro atoms. The highest BCUT2D eigenvalue weighted by Crippen LogP contribution is 2.22. The molecule has 0 saturated heterocycles. The molecule has 1 aromatic rings. The molecule has 1 rings (SSSR count). The van der Waals surface area contributed by atoms with E-state index in [0.29, 0.717) is 10.6 Å². The first kappa shape index (κ1) is 15.2. The molecule has 1 aromatic carbocycles. The average Bonchev–Trinajstić information content (AvgIpc) is 2.30. The van der Waals surface area contributed by atoms with Gasteiger partial charge in [-0.05, 0) is 54.6 Å². The van der Waals surface area contributed by atoms with Crippen molar-refractivity contribution in [1.29, 1.82) is 0 Å². The molecule has 0 aromatic heterocycles. The van der Waals surface area contributed by atoms with E-state index in [0.717, 1.165) is 3.57 Å². The second-order valence-corrected chi connectivity index (χ2v) is 5.93. The van der Waals surface area contributed by atoms with Gasteiger partial charge in [0.25, 0.3) is 5.91 Å². The summed E-state index contributed by atoms with van der Waals surface area (Å²) >= 11 is 8.00. The molecule has 0 aliphatic heterocycles. The zero-order chi connectivity index (χ0) is 14.1. The number of carbonyl (C=O) groups excluding carboxylic acids is 1. The van der Waals surface area contributed by atoms with Gasteiger partial charge in [0, 0.05) is 16.2 Å². The number of carboxylic acid groups (broad SMARTS) is 1. The lowest BCUT2D eigenvalue weighted by molar-refractivity contribution is -0.147. The van der Waals surface area contributed by atoms with E-state index in [2.05, 4.69) is 22.6 Å². The van der Waals surface area contributed by atoms with Gasteiger partial charge >= 0.3 is 5.97 Å². The van der Waals surface area contributed by atoms with Crippen molar-refractivity contribution in [2.75, 3.05) is 7.05 Å². The summed E-state index contributed by atoms with van der Waals surface area (Å²) in [5, 5.41) is 9.56. The maximum absolute atomic E-state index is 12.2. The zero-order valence-corrected chi connectivity index (χ0v) is 13.1. The molecule has 1 amide bonds. The molecule has 4 nitrogen and oxygen atoms in total. The van der Waals surface area contributed by atoms with Crippen LogP contribution in [0.25, 0.3) is 0 Å². The Morgan fingerprint density at radius 1 is 1.39 bits per heavy atom.